The van der Waals surface area contributed by atoms with Crippen LogP contribution in [0, 0.1) is 0 Å². The van der Waals surface area contributed by atoms with Crippen LogP contribution in [0.15, 0.2) is 0 Å². The largest absolute Gasteiger partial charge is 0.481 e. The zero-order valence-electron chi connectivity index (χ0n) is 15.1. The highest BCUT2D eigenvalue weighted by Gasteiger charge is 2.21. The first-order valence-electron chi connectivity index (χ1n) is 8.53. The number of amides is 1. The Kier molecular flexibility index (Phi) is 11.5. The third-order valence-electron chi connectivity index (χ3n) is 3.12. The SMILES string of the molecule is CCCCOCCN(CCCCCC(=O)O)C(=O)OC(C)(C)C. The molecule has 0 aromatic heterocycles. The van der Waals surface area contributed by atoms with E-state index in [1.165, 1.54) is 0 Å². The molecule has 0 bridgehead atoms. The van der Waals surface area contributed by atoms with Gasteiger partial charge in [0.25, 0.3) is 0 Å². The lowest BCUT2D eigenvalue weighted by atomic mass is 10.2. The Labute approximate surface area is 140 Å². The number of carbonyl (C=O) groups is 2. The summed E-state index contributed by atoms with van der Waals surface area (Å²) in [5.74, 6) is -0.779. The van der Waals surface area contributed by atoms with Crippen LogP contribution in [-0.4, -0.2) is 54.0 Å². The first-order chi connectivity index (χ1) is 10.8. The van der Waals surface area contributed by atoms with E-state index in [0.29, 0.717) is 32.7 Å². The number of nitrogens with zero attached hydrogens (tertiary/aromatic N) is 1. The van der Waals surface area contributed by atoms with Gasteiger partial charge in [-0.05, 0) is 40.0 Å². The van der Waals surface area contributed by atoms with E-state index in [9.17, 15) is 9.59 Å². The van der Waals surface area contributed by atoms with Crippen molar-refractivity contribution in [3.05, 3.63) is 0 Å². The molecule has 0 spiro atoms. The fourth-order valence-corrected chi connectivity index (χ4v) is 1.90. The van der Waals surface area contributed by atoms with E-state index in [-0.39, 0.29) is 12.5 Å². The van der Waals surface area contributed by atoms with Crippen LogP contribution in [0.5, 0.6) is 0 Å². The first kappa shape index (κ1) is 21.7. The van der Waals surface area contributed by atoms with Gasteiger partial charge in [0, 0.05) is 26.1 Å². The molecule has 0 aliphatic heterocycles. The van der Waals surface area contributed by atoms with Crippen molar-refractivity contribution in [2.75, 3.05) is 26.3 Å². The Morgan fingerprint density at radius 1 is 1.00 bits per heavy atom. The van der Waals surface area contributed by atoms with Crippen molar-refractivity contribution in [3.8, 4) is 0 Å². The molecule has 6 heteroatoms. The van der Waals surface area contributed by atoms with Crippen molar-refractivity contribution >= 4 is 12.1 Å². The number of carboxylic acids is 1. The van der Waals surface area contributed by atoms with Gasteiger partial charge in [0.15, 0.2) is 0 Å². The molecular formula is C17H33NO5. The normalized spacial score (nSPS) is 11.3. The summed E-state index contributed by atoms with van der Waals surface area (Å²) in [6.07, 6.45) is 4.11. The second-order valence-electron chi connectivity index (χ2n) is 6.64. The predicted molar refractivity (Wildman–Crippen MR) is 89.6 cm³/mol. The quantitative estimate of drug-likeness (QED) is 0.552. The number of ether oxygens (including phenoxy) is 2. The van der Waals surface area contributed by atoms with Gasteiger partial charge < -0.3 is 19.5 Å². The summed E-state index contributed by atoms with van der Waals surface area (Å²) in [4.78, 5) is 24.3. The van der Waals surface area contributed by atoms with E-state index in [1.807, 2.05) is 20.8 Å². The van der Waals surface area contributed by atoms with E-state index in [2.05, 4.69) is 6.92 Å². The van der Waals surface area contributed by atoms with E-state index < -0.39 is 11.6 Å². The fraction of sp³-hybridized carbons (Fsp3) is 0.882. The second-order valence-corrected chi connectivity index (χ2v) is 6.64. The molecule has 1 N–H and O–H groups in total. The summed E-state index contributed by atoms with van der Waals surface area (Å²) in [6, 6.07) is 0. The van der Waals surface area contributed by atoms with Gasteiger partial charge in [-0.2, -0.15) is 0 Å². The van der Waals surface area contributed by atoms with Crippen molar-refractivity contribution in [1.82, 2.24) is 4.90 Å². The lowest BCUT2D eigenvalue weighted by molar-refractivity contribution is -0.137. The lowest BCUT2D eigenvalue weighted by Crippen LogP contribution is -2.39. The smallest absolute Gasteiger partial charge is 0.410 e. The minimum absolute atomic E-state index is 0.173. The number of aliphatic carboxylic acids is 1. The minimum Gasteiger partial charge on any atom is -0.481 e. The van der Waals surface area contributed by atoms with Gasteiger partial charge in [0.1, 0.15) is 5.60 Å². The molecule has 0 aromatic carbocycles. The van der Waals surface area contributed by atoms with Crippen molar-refractivity contribution in [3.63, 3.8) is 0 Å². The maximum atomic E-state index is 12.2. The zero-order valence-corrected chi connectivity index (χ0v) is 15.1. The number of carbonyl (C=O) groups excluding carboxylic acids is 1. The monoisotopic (exact) mass is 331 g/mol. The Bertz CT molecular complexity index is 338. The van der Waals surface area contributed by atoms with E-state index in [4.69, 9.17) is 14.6 Å². The van der Waals surface area contributed by atoms with Gasteiger partial charge in [-0.25, -0.2) is 4.79 Å². The summed E-state index contributed by atoms with van der Waals surface area (Å²) < 4.78 is 10.9. The molecule has 6 nitrogen and oxygen atoms in total. The van der Waals surface area contributed by atoms with Crippen LogP contribution in [0.3, 0.4) is 0 Å². The van der Waals surface area contributed by atoms with Crippen LogP contribution in [0.25, 0.3) is 0 Å². The third-order valence-corrected chi connectivity index (χ3v) is 3.12. The van der Waals surface area contributed by atoms with Gasteiger partial charge in [-0.15, -0.1) is 0 Å². The topological polar surface area (TPSA) is 76.1 Å². The average Bonchev–Trinajstić information content (AvgIpc) is 2.42. The van der Waals surface area contributed by atoms with E-state index >= 15 is 0 Å². The number of hydrogen-bond acceptors (Lipinski definition) is 4. The van der Waals surface area contributed by atoms with E-state index in [1.54, 1.807) is 4.90 Å². The Morgan fingerprint density at radius 3 is 2.26 bits per heavy atom. The second kappa shape index (κ2) is 12.2. The van der Waals surface area contributed by atoms with Gasteiger partial charge in [0.2, 0.25) is 0 Å². The fourth-order valence-electron chi connectivity index (χ4n) is 1.90. The molecule has 1 amide bonds. The highest BCUT2D eigenvalue weighted by molar-refractivity contribution is 5.68. The summed E-state index contributed by atoms with van der Waals surface area (Å²) in [5.41, 5.74) is -0.526. The summed E-state index contributed by atoms with van der Waals surface area (Å²) >= 11 is 0. The van der Waals surface area contributed by atoms with Crippen molar-refractivity contribution in [2.45, 2.75) is 71.8 Å². The number of rotatable bonds is 12. The molecule has 0 radical (unpaired) electrons. The first-order valence-corrected chi connectivity index (χ1v) is 8.53. The van der Waals surface area contributed by atoms with Crippen LogP contribution in [0.1, 0.15) is 66.2 Å². The minimum atomic E-state index is -0.779. The van der Waals surface area contributed by atoms with Crippen LogP contribution >= 0.6 is 0 Å². The highest BCUT2D eigenvalue weighted by atomic mass is 16.6. The highest BCUT2D eigenvalue weighted by Crippen LogP contribution is 2.11. The molecule has 136 valence electrons. The van der Waals surface area contributed by atoms with Crippen LogP contribution in [0.4, 0.5) is 4.79 Å². The molecule has 0 atom stereocenters. The third kappa shape index (κ3) is 14.0. The molecule has 0 saturated carbocycles. The predicted octanol–water partition coefficient (Wildman–Crippen LogP) is 3.69. The van der Waals surface area contributed by atoms with Crippen molar-refractivity contribution < 1.29 is 24.2 Å². The summed E-state index contributed by atoms with van der Waals surface area (Å²) in [7, 11) is 0. The van der Waals surface area contributed by atoms with Crippen LogP contribution < -0.4 is 0 Å². The maximum Gasteiger partial charge on any atom is 0.410 e. The summed E-state index contributed by atoms with van der Waals surface area (Å²) in [5, 5.41) is 8.62. The molecule has 0 aliphatic rings. The van der Waals surface area contributed by atoms with Crippen molar-refractivity contribution in [1.29, 1.82) is 0 Å². The molecule has 0 rings (SSSR count). The van der Waals surface area contributed by atoms with Gasteiger partial charge in [-0.3, -0.25) is 4.79 Å². The molecule has 0 fully saturated rings. The molecule has 0 aliphatic carbocycles. The molecule has 23 heavy (non-hydrogen) atoms. The molecule has 0 heterocycles. The average molecular weight is 331 g/mol. The van der Waals surface area contributed by atoms with Crippen molar-refractivity contribution in [2.24, 2.45) is 0 Å². The van der Waals surface area contributed by atoms with Gasteiger partial charge in [0.05, 0.1) is 6.61 Å². The standard InChI is InChI=1S/C17H33NO5/c1-5-6-13-22-14-12-18(16(21)23-17(2,3)4)11-9-7-8-10-15(19)20/h5-14H2,1-4H3,(H,19,20). The zero-order chi connectivity index (χ0) is 17.7. The molecule has 0 saturated heterocycles. The lowest BCUT2D eigenvalue weighted by Gasteiger charge is -2.27. The van der Waals surface area contributed by atoms with Gasteiger partial charge in [-0.1, -0.05) is 19.8 Å². The summed E-state index contributed by atoms with van der Waals surface area (Å²) in [6.45, 7) is 9.89. The Balaban J connectivity index is 4.20. The van der Waals surface area contributed by atoms with Gasteiger partial charge >= 0.3 is 12.1 Å². The Hall–Kier alpha value is -1.30. The van der Waals surface area contributed by atoms with Crippen LogP contribution in [-0.2, 0) is 14.3 Å². The van der Waals surface area contributed by atoms with Crippen LogP contribution in [0.2, 0.25) is 0 Å². The molecular weight excluding hydrogens is 298 g/mol. The molecule has 0 aromatic rings. The Morgan fingerprint density at radius 2 is 1.70 bits per heavy atom. The van der Waals surface area contributed by atoms with E-state index in [0.717, 1.165) is 25.7 Å². The number of carboxylic acid groups (broad SMARTS) is 1. The number of hydrogen-bond donors (Lipinski definition) is 1. The maximum absolute atomic E-state index is 12.2. The number of unbranched alkanes of at least 4 members (excludes halogenated alkanes) is 3. The molecule has 0 unspecified atom stereocenters.